The van der Waals surface area contributed by atoms with Gasteiger partial charge in [0.05, 0.1) is 16.3 Å². The Morgan fingerprint density at radius 2 is 1.92 bits per heavy atom. The Bertz CT molecular complexity index is 805. The van der Waals surface area contributed by atoms with Crippen LogP contribution >= 0.6 is 0 Å². The molecule has 1 heterocycles. The zero-order chi connectivity index (χ0) is 17.2. The van der Waals surface area contributed by atoms with E-state index in [1.165, 1.54) is 25.5 Å². The van der Waals surface area contributed by atoms with Gasteiger partial charge in [0.2, 0.25) is 0 Å². The monoisotopic (exact) mass is 348 g/mol. The highest BCUT2D eigenvalue weighted by atomic mass is 32.2. The summed E-state index contributed by atoms with van der Waals surface area (Å²) in [5, 5.41) is 16.8. The first-order valence-corrected chi connectivity index (χ1v) is 10.4. The van der Waals surface area contributed by atoms with Crippen LogP contribution in [0, 0.1) is 0 Å². The van der Waals surface area contributed by atoms with Crippen molar-refractivity contribution in [2.45, 2.75) is 49.3 Å². The molecule has 1 aromatic carbocycles. The zero-order valence-corrected chi connectivity index (χ0v) is 14.8. The summed E-state index contributed by atoms with van der Waals surface area (Å²) < 4.78 is 24.3. The summed E-state index contributed by atoms with van der Waals surface area (Å²) in [5.74, 6) is 0.377. The van der Waals surface area contributed by atoms with Gasteiger partial charge in [-0.15, -0.1) is 0 Å². The highest BCUT2D eigenvalue weighted by molar-refractivity contribution is 7.90. The number of H-pyrrole nitrogens is 1. The number of hydrogen-bond acceptors (Lipinski definition) is 4. The lowest BCUT2D eigenvalue weighted by atomic mass is 9.81. The second kappa shape index (κ2) is 7.07. The maximum atomic E-state index is 12.2. The van der Waals surface area contributed by atoms with Gasteiger partial charge in [-0.2, -0.15) is 5.10 Å². The smallest absolute Gasteiger partial charge is 0.176 e. The van der Waals surface area contributed by atoms with E-state index in [-0.39, 0.29) is 6.61 Å². The van der Waals surface area contributed by atoms with E-state index in [0.717, 1.165) is 29.8 Å². The average molecular weight is 348 g/mol. The largest absolute Gasteiger partial charge is 0.396 e. The van der Waals surface area contributed by atoms with E-state index in [4.69, 9.17) is 0 Å². The van der Waals surface area contributed by atoms with E-state index in [1.807, 2.05) is 12.1 Å². The molecule has 130 valence electrons. The first kappa shape index (κ1) is 17.2. The summed E-state index contributed by atoms with van der Waals surface area (Å²) in [6.45, 7) is 0.0394. The van der Waals surface area contributed by atoms with E-state index < -0.39 is 9.84 Å². The fourth-order valence-electron chi connectivity index (χ4n) is 3.72. The molecule has 3 rings (SSSR count). The van der Waals surface area contributed by atoms with Crippen molar-refractivity contribution in [2.75, 3.05) is 12.9 Å². The normalized spacial score (nSPS) is 16.4. The molecular weight excluding hydrogens is 324 g/mol. The predicted molar refractivity (Wildman–Crippen MR) is 93.7 cm³/mol. The first-order valence-electron chi connectivity index (χ1n) is 8.50. The highest BCUT2D eigenvalue weighted by Gasteiger charge is 2.27. The number of benzene rings is 1. The average Bonchev–Trinajstić information content (AvgIpc) is 2.99. The van der Waals surface area contributed by atoms with Crippen molar-refractivity contribution in [1.29, 1.82) is 0 Å². The summed E-state index contributed by atoms with van der Waals surface area (Å²) >= 11 is 0. The van der Waals surface area contributed by atoms with Gasteiger partial charge < -0.3 is 5.11 Å². The minimum atomic E-state index is -3.33. The molecule has 0 aliphatic heterocycles. The Morgan fingerprint density at radius 1 is 1.21 bits per heavy atom. The van der Waals surface area contributed by atoms with E-state index >= 15 is 0 Å². The molecule has 1 fully saturated rings. The summed E-state index contributed by atoms with van der Waals surface area (Å²) in [5.41, 5.74) is 3.44. The lowest BCUT2D eigenvalue weighted by molar-refractivity contribution is 0.297. The topological polar surface area (TPSA) is 83.0 Å². The van der Waals surface area contributed by atoms with Gasteiger partial charge in [0.1, 0.15) is 0 Å². The number of aromatic nitrogens is 2. The van der Waals surface area contributed by atoms with Crippen LogP contribution in [-0.2, 0) is 16.3 Å². The lowest BCUT2D eigenvalue weighted by Crippen LogP contribution is -2.09. The summed E-state index contributed by atoms with van der Waals surface area (Å²) in [6.07, 6.45) is 7.51. The molecule has 2 aromatic rings. The second-order valence-electron chi connectivity index (χ2n) is 6.54. The van der Waals surface area contributed by atoms with Gasteiger partial charge in [0.15, 0.2) is 9.84 Å². The molecule has 0 radical (unpaired) electrons. The van der Waals surface area contributed by atoms with Crippen LogP contribution in [0.1, 0.15) is 49.3 Å². The molecule has 0 saturated heterocycles. The van der Waals surface area contributed by atoms with Crippen LogP contribution in [0.4, 0.5) is 0 Å². The Labute approximate surface area is 143 Å². The van der Waals surface area contributed by atoms with Crippen molar-refractivity contribution >= 4 is 9.84 Å². The van der Waals surface area contributed by atoms with E-state index in [2.05, 4.69) is 10.2 Å². The number of aliphatic hydroxyl groups excluding tert-OH is 1. The standard InChI is InChI=1S/C18H24N2O3S/c1-24(22,23)16-10-6-5-9-14(16)18-17(13-7-3-2-4-8-13)15(11-12-21)19-20-18/h5-6,9-10,13,21H,2-4,7-8,11-12H2,1H3,(H,19,20). The molecule has 1 saturated carbocycles. The van der Waals surface area contributed by atoms with Crippen molar-refractivity contribution < 1.29 is 13.5 Å². The van der Waals surface area contributed by atoms with Crippen LogP contribution in [-0.4, -0.2) is 36.6 Å². The highest BCUT2D eigenvalue weighted by Crippen LogP contribution is 2.40. The third-order valence-electron chi connectivity index (χ3n) is 4.80. The number of aliphatic hydroxyl groups is 1. The van der Waals surface area contributed by atoms with Crippen molar-refractivity contribution in [2.24, 2.45) is 0 Å². The van der Waals surface area contributed by atoms with Gasteiger partial charge in [0.25, 0.3) is 0 Å². The second-order valence-corrected chi connectivity index (χ2v) is 8.52. The molecule has 2 N–H and O–H groups in total. The van der Waals surface area contributed by atoms with Gasteiger partial charge in [-0.05, 0) is 24.8 Å². The zero-order valence-electron chi connectivity index (χ0n) is 14.0. The summed E-state index contributed by atoms with van der Waals surface area (Å²) in [7, 11) is -3.33. The molecule has 1 aliphatic rings. The Hall–Kier alpha value is -1.66. The van der Waals surface area contributed by atoms with Gasteiger partial charge in [-0.3, -0.25) is 5.10 Å². The third-order valence-corrected chi connectivity index (χ3v) is 5.96. The van der Waals surface area contributed by atoms with Crippen molar-refractivity contribution in [1.82, 2.24) is 10.2 Å². The first-order chi connectivity index (χ1) is 11.5. The van der Waals surface area contributed by atoms with Crippen molar-refractivity contribution in [3.63, 3.8) is 0 Å². The summed E-state index contributed by atoms with van der Waals surface area (Å²) in [6, 6.07) is 7.06. The van der Waals surface area contributed by atoms with Crippen molar-refractivity contribution in [3.8, 4) is 11.3 Å². The Balaban J connectivity index is 2.15. The molecule has 0 unspecified atom stereocenters. The van der Waals surface area contributed by atoms with Crippen LogP contribution in [0.15, 0.2) is 29.2 Å². The van der Waals surface area contributed by atoms with E-state index in [1.54, 1.807) is 12.1 Å². The van der Waals surface area contributed by atoms with Crippen LogP contribution in [0.2, 0.25) is 0 Å². The number of nitrogens with zero attached hydrogens (tertiary/aromatic N) is 1. The molecule has 0 amide bonds. The molecule has 6 heteroatoms. The fraction of sp³-hybridized carbons (Fsp3) is 0.500. The molecule has 0 bridgehead atoms. The number of rotatable bonds is 5. The maximum Gasteiger partial charge on any atom is 0.176 e. The Morgan fingerprint density at radius 3 is 2.58 bits per heavy atom. The number of hydrogen-bond donors (Lipinski definition) is 2. The molecule has 1 aromatic heterocycles. The fourth-order valence-corrected chi connectivity index (χ4v) is 4.61. The Kier molecular flexibility index (Phi) is 5.06. The van der Waals surface area contributed by atoms with Gasteiger partial charge in [-0.25, -0.2) is 8.42 Å². The number of aromatic amines is 1. The number of nitrogens with one attached hydrogen (secondary N) is 1. The van der Waals surface area contributed by atoms with E-state index in [0.29, 0.717) is 22.8 Å². The van der Waals surface area contributed by atoms with E-state index in [9.17, 15) is 13.5 Å². The molecule has 1 aliphatic carbocycles. The van der Waals surface area contributed by atoms with Gasteiger partial charge in [-0.1, -0.05) is 37.5 Å². The van der Waals surface area contributed by atoms with Crippen LogP contribution < -0.4 is 0 Å². The summed E-state index contributed by atoms with van der Waals surface area (Å²) in [4.78, 5) is 0.321. The predicted octanol–water partition coefficient (Wildman–Crippen LogP) is 3.06. The number of sulfone groups is 1. The van der Waals surface area contributed by atoms with Crippen molar-refractivity contribution in [3.05, 3.63) is 35.5 Å². The molecular formula is C18H24N2O3S. The SMILES string of the molecule is CS(=O)(=O)c1ccccc1-c1[nH]nc(CCO)c1C1CCCCC1. The minimum Gasteiger partial charge on any atom is -0.396 e. The quantitative estimate of drug-likeness (QED) is 0.870. The third kappa shape index (κ3) is 3.39. The molecule has 24 heavy (non-hydrogen) atoms. The van der Waals surface area contributed by atoms with Crippen LogP contribution in [0.3, 0.4) is 0 Å². The van der Waals surface area contributed by atoms with Crippen LogP contribution in [0.5, 0.6) is 0 Å². The van der Waals surface area contributed by atoms with Gasteiger partial charge in [0, 0.05) is 30.4 Å². The minimum absolute atomic E-state index is 0.0394. The lowest BCUT2D eigenvalue weighted by Gasteiger charge is -2.23. The molecule has 5 nitrogen and oxygen atoms in total. The van der Waals surface area contributed by atoms with Crippen LogP contribution in [0.25, 0.3) is 11.3 Å². The van der Waals surface area contributed by atoms with Gasteiger partial charge >= 0.3 is 0 Å². The molecule has 0 atom stereocenters. The molecule has 0 spiro atoms. The maximum absolute atomic E-state index is 12.2.